The van der Waals surface area contributed by atoms with Crippen LogP contribution in [0.1, 0.15) is 11.7 Å². The minimum Gasteiger partial charge on any atom is -0.494 e. The van der Waals surface area contributed by atoms with Crippen molar-refractivity contribution in [1.82, 2.24) is 0 Å². The molecule has 2 aromatic rings. The second-order valence-corrected chi connectivity index (χ2v) is 4.30. The van der Waals surface area contributed by atoms with Crippen molar-refractivity contribution < 1.29 is 18.6 Å². The summed E-state index contributed by atoms with van der Waals surface area (Å²) in [6, 6.07) is 9.81. The van der Waals surface area contributed by atoms with Gasteiger partial charge in [-0.1, -0.05) is 12.1 Å². The molecule has 2 aromatic carbocycles. The lowest BCUT2D eigenvalue weighted by atomic mass is 10.1. The molecule has 3 nitrogen and oxygen atoms in total. The van der Waals surface area contributed by atoms with Crippen LogP contribution < -0.4 is 10.1 Å². The highest BCUT2D eigenvalue weighted by atomic mass is 19.1. The van der Waals surface area contributed by atoms with Crippen LogP contribution in [-0.2, 0) is 0 Å². The van der Waals surface area contributed by atoms with Crippen molar-refractivity contribution in [2.75, 3.05) is 19.0 Å². The molecule has 1 unspecified atom stereocenters. The van der Waals surface area contributed by atoms with Crippen LogP contribution in [0.25, 0.3) is 0 Å². The van der Waals surface area contributed by atoms with E-state index in [-0.39, 0.29) is 6.54 Å². The lowest BCUT2D eigenvalue weighted by Crippen LogP contribution is -2.13. The van der Waals surface area contributed by atoms with Crippen molar-refractivity contribution in [3.8, 4) is 5.75 Å². The number of ether oxygens (including phenoxy) is 1. The first-order valence-corrected chi connectivity index (χ1v) is 6.11. The standard InChI is InChI=1S/C15H15F2NO2/c1-20-15-8-12(17)5-6-13(15)18-9-14(19)10-3-2-4-11(16)7-10/h2-8,14,18-19H,9H2,1H3. The quantitative estimate of drug-likeness (QED) is 0.883. The summed E-state index contributed by atoms with van der Waals surface area (Å²) < 4.78 is 31.1. The third kappa shape index (κ3) is 3.45. The average Bonchev–Trinajstić information content (AvgIpc) is 2.45. The fourth-order valence-corrected chi connectivity index (χ4v) is 1.85. The Hall–Kier alpha value is -2.14. The normalized spacial score (nSPS) is 12.0. The number of rotatable bonds is 5. The number of halogens is 2. The first-order chi connectivity index (χ1) is 9.60. The van der Waals surface area contributed by atoms with Crippen molar-refractivity contribution in [1.29, 1.82) is 0 Å². The zero-order valence-electron chi connectivity index (χ0n) is 10.9. The van der Waals surface area contributed by atoms with Crippen LogP contribution in [0.15, 0.2) is 42.5 Å². The van der Waals surface area contributed by atoms with Crippen LogP contribution >= 0.6 is 0 Å². The molecule has 106 valence electrons. The first kappa shape index (κ1) is 14.3. The SMILES string of the molecule is COc1cc(F)ccc1NCC(O)c1cccc(F)c1. The van der Waals surface area contributed by atoms with Crippen LogP contribution in [0.3, 0.4) is 0 Å². The Balaban J connectivity index is 2.05. The molecule has 0 aliphatic rings. The van der Waals surface area contributed by atoms with Crippen LogP contribution in [-0.4, -0.2) is 18.8 Å². The molecule has 20 heavy (non-hydrogen) atoms. The molecular formula is C15H15F2NO2. The van der Waals surface area contributed by atoms with Crippen LogP contribution in [0.2, 0.25) is 0 Å². The van der Waals surface area contributed by atoms with E-state index in [1.807, 2.05) is 0 Å². The van der Waals surface area contributed by atoms with Gasteiger partial charge in [-0.05, 0) is 29.8 Å². The third-order valence-electron chi connectivity index (χ3n) is 2.88. The van der Waals surface area contributed by atoms with Crippen molar-refractivity contribution in [3.05, 3.63) is 59.7 Å². The molecule has 0 aromatic heterocycles. The number of methoxy groups -OCH3 is 1. The first-order valence-electron chi connectivity index (χ1n) is 6.11. The molecule has 5 heteroatoms. The summed E-state index contributed by atoms with van der Waals surface area (Å²) in [5.41, 5.74) is 1.03. The Kier molecular flexibility index (Phi) is 4.53. The molecule has 1 atom stereocenters. The molecule has 0 aliphatic heterocycles. The second kappa shape index (κ2) is 6.34. The number of anilines is 1. The maximum absolute atomic E-state index is 13.1. The number of nitrogens with one attached hydrogen (secondary N) is 1. The predicted molar refractivity (Wildman–Crippen MR) is 72.8 cm³/mol. The molecule has 0 fully saturated rings. The van der Waals surface area contributed by atoms with E-state index in [2.05, 4.69) is 5.32 Å². The van der Waals surface area contributed by atoms with Crippen molar-refractivity contribution >= 4 is 5.69 Å². The fraction of sp³-hybridized carbons (Fsp3) is 0.200. The Morgan fingerprint density at radius 1 is 1.15 bits per heavy atom. The van der Waals surface area contributed by atoms with Crippen molar-refractivity contribution in [2.24, 2.45) is 0 Å². The van der Waals surface area contributed by atoms with E-state index in [0.29, 0.717) is 17.0 Å². The van der Waals surface area contributed by atoms with Gasteiger partial charge in [0.05, 0.1) is 18.9 Å². The molecule has 0 saturated carbocycles. The van der Waals surface area contributed by atoms with Gasteiger partial charge in [-0.2, -0.15) is 0 Å². The predicted octanol–water partition coefficient (Wildman–Crippen LogP) is 3.12. The number of aliphatic hydroxyl groups is 1. The maximum atomic E-state index is 13.1. The Bertz CT molecular complexity index is 590. The van der Waals surface area contributed by atoms with E-state index >= 15 is 0 Å². The van der Waals surface area contributed by atoms with Crippen LogP contribution in [0, 0.1) is 11.6 Å². The van der Waals surface area contributed by atoms with Gasteiger partial charge < -0.3 is 15.2 Å². The summed E-state index contributed by atoms with van der Waals surface area (Å²) in [7, 11) is 1.43. The molecule has 2 rings (SSSR count). The minimum atomic E-state index is -0.875. The van der Waals surface area contributed by atoms with Gasteiger partial charge in [0, 0.05) is 12.6 Å². The smallest absolute Gasteiger partial charge is 0.144 e. The molecule has 2 N–H and O–H groups in total. The maximum Gasteiger partial charge on any atom is 0.144 e. The van der Waals surface area contributed by atoms with Crippen molar-refractivity contribution in [3.63, 3.8) is 0 Å². The summed E-state index contributed by atoms with van der Waals surface area (Å²) in [6.07, 6.45) is -0.875. The molecule has 0 saturated heterocycles. The Labute approximate surface area is 115 Å². The van der Waals surface area contributed by atoms with E-state index in [1.165, 1.54) is 43.5 Å². The summed E-state index contributed by atoms with van der Waals surface area (Å²) >= 11 is 0. The Morgan fingerprint density at radius 2 is 1.90 bits per heavy atom. The molecule has 0 bridgehead atoms. The largest absolute Gasteiger partial charge is 0.494 e. The van der Waals surface area contributed by atoms with Gasteiger partial charge >= 0.3 is 0 Å². The van der Waals surface area contributed by atoms with Crippen molar-refractivity contribution in [2.45, 2.75) is 6.10 Å². The van der Waals surface area contributed by atoms with Gasteiger partial charge in [0.15, 0.2) is 0 Å². The van der Waals surface area contributed by atoms with Gasteiger partial charge in [-0.25, -0.2) is 8.78 Å². The number of hydrogen-bond donors (Lipinski definition) is 2. The number of benzene rings is 2. The molecule has 0 radical (unpaired) electrons. The highest BCUT2D eigenvalue weighted by Gasteiger charge is 2.10. The molecule has 0 aliphatic carbocycles. The number of aliphatic hydroxyl groups excluding tert-OH is 1. The fourth-order valence-electron chi connectivity index (χ4n) is 1.85. The third-order valence-corrected chi connectivity index (χ3v) is 2.88. The number of hydrogen-bond acceptors (Lipinski definition) is 3. The topological polar surface area (TPSA) is 41.5 Å². The second-order valence-electron chi connectivity index (χ2n) is 4.30. The minimum absolute atomic E-state index is 0.158. The van der Waals surface area contributed by atoms with Gasteiger partial charge in [-0.15, -0.1) is 0 Å². The zero-order chi connectivity index (χ0) is 14.5. The molecule has 0 amide bonds. The Morgan fingerprint density at radius 3 is 2.60 bits per heavy atom. The molecule has 0 heterocycles. The highest BCUT2D eigenvalue weighted by molar-refractivity contribution is 5.56. The molecule has 0 spiro atoms. The summed E-state index contributed by atoms with van der Waals surface area (Å²) in [5, 5.41) is 12.9. The van der Waals surface area contributed by atoms with E-state index in [0.717, 1.165) is 0 Å². The van der Waals surface area contributed by atoms with Gasteiger partial charge in [0.1, 0.15) is 17.4 Å². The van der Waals surface area contributed by atoms with E-state index in [1.54, 1.807) is 6.07 Å². The summed E-state index contributed by atoms with van der Waals surface area (Å²) in [4.78, 5) is 0. The van der Waals surface area contributed by atoms with Crippen LogP contribution in [0.5, 0.6) is 5.75 Å². The van der Waals surface area contributed by atoms with Gasteiger partial charge in [0.25, 0.3) is 0 Å². The van der Waals surface area contributed by atoms with Gasteiger partial charge in [0.2, 0.25) is 0 Å². The zero-order valence-corrected chi connectivity index (χ0v) is 10.9. The van der Waals surface area contributed by atoms with E-state index in [9.17, 15) is 13.9 Å². The highest BCUT2D eigenvalue weighted by Crippen LogP contribution is 2.25. The molecular weight excluding hydrogens is 264 g/mol. The van der Waals surface area contributed by atoms with E-state index in [4.69, 9.17) is 4.74 Å². The lowest BCUT2D eigenvalue weighted by Gasteiger charge is -2.15. The van der Waals surface area contributed by atoms with Crippen LogP contribution in [0.4, 0.5) is 14.5 Å². The van der Waals surface area contributed by atoms with Gasteiger partial charge in [-0.3, -0.25) is 0 Å². The van der Waals surface area contributed by atoms with E-state index < -0.39 is 17.7 Å². The summed E-state index contributed by atoms with van der Waals surface area (Å²) in [5.74, 6) is -0.463. The summed E-state index contributed by atoms with van der Waals surface area (Å²) in [6.45, 7) is 0.158. The average molecular weight is 279 g/mol. The monoisotopic (exact) mass is 279 g/mol. The lowest BCUT2D eigenvalue weighted by molar-refractivity contribution is 0.191.